The van der Waals surface area contributed by atoms with Gasteiger partial charge >= 0.3 is 5.97 Å². The van der Waals surface area contributed by atoms with E-state index in [0.29, 0.717) is 19.6 Å². The largest absolute Gasteiger partial charge is 0.458 e. The predicted octanol–water partition coefficient (Wildman–Crippen LogP) is 1.64. The summed E-state index contributed by atoms with van der Waals surface area (Å²) >= 11 is 0. The Bertz CT molecular complexity index is 590. The van der Waals surface area contributed by atoms with Crippen molar-refractivity contribution in [2.24, 2.45) is 0 Å². The lowest BCUT2D eigenvalue weighted by Crippen LogP contribution is -2.46. The van der Waals surface area contributed by atoms with Gasteiger partial charge in [-0.25, -0.2) is 0 Å². The Morgan fingerprint density at radius 1 is 1.22 bits per heavy atom. The number of hydrogen-bond acceptors (Lipinski definition) is 6. The van der Waals surface area contributed by atoms with E-state index in [1.54, 1.807) is 0 Å². The Hall–Kier alpha value is -1.47. The van der Waals surface area contributed by atoms with Crippen molar-refractivity contribution in [3.05, 3.63) is 35.9 Å². The number of fused-ring (bicyclic) bond motifs is 1. The molecule has 23 heavy (non-hydrogen) atoms. The first-order valence-electron chi connectivity index (χ1n) is 8.00. The van der Waals surface area contributed by atoms with Crippen molar-refractivity contribution in [2.75, 3.05) is 6.61 Å². The fourth-order valence-corrected chi connectivity index (χ4v) is 3.54. The van der Waals surface area contributed by atoms with Crippen LogP contribution >= 0.6 is 0 Å². The number of carbonyl (C=O) groups excluding carboxylic acids is 1. The lowest BCUT2D eigenvalue weighted by Gasteiger charge is -2.29. The third-order valence-electron chi connectivity index (χ3n) is 4.53. The Morgan fingerprint density at radius 3 is 2.70 bits per heavy atom. The fourth-order valence-electron chi connectivity index (χ4n) is 3.54. The zero-order chi connectivity index (χ0) is 16.0. The van der Waals surface area contributed by atoms with Gasteiger partial charge in [0.15, 0.2) is 11.9 Å². The topological polar surface area (TPSA) is 57.2 Å². The van der Waals surface area contributed by atoms with Gasteiger partial charge in [-0.05, 0) is 19.4 Å². The first-order chi connectivity index (χ1) is 11.0. The van der Waals surface area contributed by atoms with Crippen LogP contribution in [0.4, 0.5) is 0 Å². The van der Waals surface area contributed by atoms with Crippen LogP contribution < -0.4 is 0 Å². The average Bonchev–Trinajstić information content (AvgIpc) is 3.12. The molecule has 6 heteroatoms. The van der Waals surface area contributed by atoms with Crippen molar-refractivity contribution in [1.29, 1.82) is 0 Å². The van der Waals surface area contributed by atoms with Crippen molar-refractivity contribution >= 4 is 5.97 Å². The molecule has 4 rings (SSSR count). The normalized spacial score (nSPS) is 36.2. The van der Waals surface area contributed by atoms with Crippen LogP contribution in [0.25, 0.3) is 0 Å². The van der Waals surface area contributed by atoms with Crippen LogP contribution in [-0.2, 0) is 30.4 Å². The summed E-state index contributed by atoms with van der Waals surface area (Å²) in [5.41, 5.74) is 1.14. The van der Waals surface area contributed by atoms with E-state index in [0.717, 1.165) is 5.56 Å². The molecule has 3 aliphatic heterocycles. The molecule has 0 aliphatic carbocycles. The fraction of sp³-hybridized carbons (Fsp3) is 0.588. The summed E-state index contributed by atoms with van der Waals surface area (Å²) in [4.78, 5) is 17.6. The summed E-state index contributed by atoms with van der Waals surface area (Å²) in [6, 6.07) is 9.93. The average molecular weight is 319 g/mol. The second-order valence-electron chi connectivity index (χ2n) is 6.72. The molecule has 0 unspecified atom stereocenters. The van der Waals surface area contributed by atoms with Crippen LogP contribution in [0, 0.1) is 0 Å². The molecule has 3 saturated heterocycles. The van der Waals surface area contributed by atoms with Crippen LogP contribution in [0.5, 0.6) is 0 Å². The number of benzene rings is 1. The molecular formula is C17H21NO5. The molecule has 0 radical (unpaired) electrons. The van der Waals surface area contributed by atoms with E-state index in [9.17, 15) is 4.79 Å². The zero-order valence-corrected chi connectivity index (χ0v) is 13.3. The number of nitrogens with zero attached hydrogens (tertiary/aromatic N) is 1. The van der Waals surface area contributed by atoms with Crippen molar-refractivity contribution < 1.29 is 23.8 Å². The third-order valence-corrected chi connectivity index (χ3v) is 4.53. The smallest absolute Gasteiger partial charge is 0.309 e. The minimum atomic E-state index is -0.621. The van der Waals surface area contributed by atoms with E-state index in [-0.39, 0.29) is 30.3 Å². The second-order valence-corrected chi connectivity index (χ2v) is 6.72. The van der Waals surface area contributed by atoms with Gasteiger partial charge in [0.25, 0.3) is 0 Å². The van der Waals surface area contributed by atoms with Crippen molar-refractivity contribution in [3.8, 4) is 0 Å². The molecule has 0 saturated carbocycles. The van der Waals surface area contributed by atoms with E-state index in [1.165, 1.54) is 0 Å². The van der Waals surface area contributed by atoms with E-state index in [2.05, 4.69) is 12.1 Å². The molecule has 1 aromatic carbocycles. The number of rotatable bonds is 3. The quantitative estimate of drug-likeness (QED) is 0.790. The van der Waals surface area contributed by atoms with Crippen LogP contribution in [-0.4, -0.2) is 47.8 Å². The highest BCUT2D eigenvalue weighted by molar-refractivity contribution is 5.73. The van der Waals surface area contributed by atoms with Crippen molar-refractivity contribution in [2.45, 2.75) is 57.0 Å². The van der Waals surface area contributed by atoms with Crippen LogP contribution in [0.3, 0.4) is 0 Å². The summed E-state index contributed by atoms with van der Waals surface area (Å²) in [5, 5.41) is 1.90. The van der Waals surface area contributed by atoms with Gasteiger partial charge in [-0.1, -0.05) is 30.3 Å². The van der Waals surface area contributed by atoms with Crippen molar-refractivity contribution in [3.63, 3.8) is 0 Å². The van der Waals surface area contributed by atoms with Gasteiger partial charge in [0, 0.05) is 6.54 Å². The van der Waals surface area contributed by atoms with Gasteiger partial charge in [0.1, 0.15) is 18.2 Å². The standard InChI is InChI=1S/C17H21NO5/c1-17(2)20-10-13(22-17)15-16-12(8-14(19)21-16)23-18(15)9-11-6-4-3-5-7-11/h3-7,12-13,15-16H,8-10H2,1-2H3/t12-,13+,15+,16+/m0/s1. The molecule has 3 aliphatic rings. The van der Waals surface area contributed by atoms with Gasteiger partial charge in [0.2, 0.25) is 0 Å². The van der Waals surface area contributed by atoms with Gasteiger partial charge in [-0.3, -0.25) is 9.63 Å². The highest BCUT2D eigenvalue weighted by Gasteiger charge is 2.56. The Balaban J connectivity index is 1.56. The van der Waals surface area contributed by atoms with Gasteiger partial charge in [-0.2, -0.15) is 5.06 Å². The number of hydrogen-bond donors (Lipinski definition) is 0. The van der Waals surface area contributed by atoms with E-state index in [4.69, 9.17) is 19.0 Å². The van der Waals surface area contributed by atoms with Crippen LogP contribution in [0.15, 0.2) is 30.3 Å². The highest BCUT2D eigenvalue weighted by atomic mass is 16.8. The maximum atomic E-state index is 11.6. The molecule has 0 aromatic heterocycles. The highest BCUT2D eigenvalue weighted by Crippen LogP contribution is 2.38. The SMILES string of the molecule is CC1(C)OC[C@H]([C@@H]2[C@@H]3OC(=O)C[C@@H]3ON2Cc2ccccc2)O1. The number of carbonyl (C=O) groups is 1. The first kappa shape index (κ1) is 15.1. The molecule has 6 nitrogen and oxygen atoms in total. The van der Waals surface area contributed by atoms with E-state index >= 15 is 0 Å². The van der Waals surface area contributed by atoms with E-state index < -0.39 is 5.79 Å². The maximum Gasteiger partial charge on any atom is 0.309 e. The molecule has 3 fully saturated rings. The molecular weight excluding hydrogens is 298 g/mol. The number of esters is 1. The predicted molar refractivity (Wildman–Crippen MR) is 80.0 cm³/mol. The van der Waals surface area contributed by atoms with Crippen LogP contribution in [0.1, 0.15) is 25.8 Å². The summed E-state index contributed by atoms with van der Waals surface area (Å²) < 4.78 is 17.2. The molecule has 124 valence electrons. The summed E-state index contributed by atoms with van der Waals surface area (Å²) in [7, 11) is 0. The molecule has 0 amide bonds. The van der Waals surface area contributed by atoms with Crippen LogP contribution in [0.2, 0.25) is 0 Å². The Kier molecular flexibility index (Phi) is 3.65. The summed E-state index contributed by atoms with van der Waals surface area (Å²) in [6.07, 6.45) is -0.421. The molecule has 0 spiro atoms. The summed E-state index contributed by atoms with van der Waals surface area (Å²) in [5.74, 6) is -0.827. The second kappa shape index (κ2) is 5.56. The monoisotopic (exact) mass is 319 g/mol. The first-order valence-corrected chi connectivity index (χ1v) is 8.00. The number of ether oxygens (including phenoxy) is 3. The molecule has 4 atom stereocenters. The molecule has 0 N–H and O–H groups in total. The lowest BCUT2D eigenvalue weighted by atomic mass is 10.0. The molecule has 0 bridgehead atoms. The zero-order valence-electron chi connectivity index (χ0n) is 13.3. The molecule has 1 aromatic rings. The Labute approximate surface area is 135 Å². The minimum Gasteiger partial charge on any atom is -0.458 e. The maximum absolute atomic E-state index is 11.6. The Morgan fingerprint density at radius 2 is 2.00 bits per heavy atom. The van der Waals surface area contributed by atoms with Crippen molar-refractivity contribution in [1.82, 2.24) is 5.06 Å². The van der Waals surface area contributed by atoms with Gasteiger partial charge < -0.3 is 14.2 Å². The summed E-state index contributed by atoms with van der Waals surface area (Å²) in [6.45, 7) is 4.87. The third kappa shape index (κ3) is 2.87. The van der Waals surface area contributed by atoms with Gasteiger partial charge in [0.05, 0.1) is 13.0 Å². The van der Waals surface area contributed by atoms with Gasteiger partial charge in [-0.15, -0.1) is 0 Å². The molecule has 3 heterocycles. The minimum absolute atomic E-state index is 0.159. The van der Waals surface area contributed by atoms with E-state index in [1.807, 2.05) is 37.1 Å². The number of hydroxylamine groups is 2. The lowest BCUT2D eigenvalue weighted by molar-refractivity contribution is -0.199.